The van der Waals surface area contributed by atoms with Crippen LogP contribution in [0.4, 0.5) is 5.13 Å². The van der Waals surface area contributed by atoms with E-state index in [1.165, 1.54) is 18.3 Å². The number of Topliss-reactive ketones (excluding diaryl/α,β-unsaturated/α-hetero) is 1. The number of aromatic nitrogens is 1. The van der Waals surface area contributed by atoms with Crippen LogP contribution in [-0.4, -0.2) is 30.9 Å². The van der Waals surface area contributed by atoms with Crippen molar-refractivity contribution in [2.24, 2.45) is 0 Å². The van der Waals surface area contributed by atoms with E-state index >= 15 is 0 Å². The maximum Gasteiger partial charge on any atom is 0.230 e. The molecule has 0 aliphatic rings. The average molecular weight is 320 g/mol. The molecule has 0 saturated heterocycles. The van der Waals surface area contributed by atoms with E-state index in [4.69, 9.17) is 9.47 Å². The summed E-state index contributed by atoms with van der Waals surface area (Å²) in [6.45, 7) is 1.43. The average Bonchev–Trinajstić information content (AvgIpc) is 2.95. The molecule has 1 N–H and O–H groups in total. The molecule has 1 amide bonds. The van der Waals surface area contributed by atoms with Crippen LogP contribution >= 0.6 is 11.3 Å². The largest absolute Gasteiger partial charge is 0.493 e. The van der Waals surface area contributed by atoms with E-state index in [2.05, 4.69) is 10.3 Å². The van der Waals surface area contributed by atoms with Crippen molar-refractivity contribution in [2.45, 2.75) is 13.3 Å². The molecular formula is C15H16N2O4S. The van der Waals surface area contributed by atoms with Crippen LogP contribution in [0.2, 0.25) is 0 Å². The number of ether oxygens (including phenoxy) is 2. The molecule has 0 unspecified atom stereocenters. The van der Waals surface area contributed by atoms with Crippen LogP contribution in [-0.2, 0) is 11.2 Å². The van der Waals surface area contributed by atoms with Gasteiger partial charge >= 0.3 is 0 Å². The second-order valence-electron chi connectivity index (χ2n) is 4.51. The zero-order valence-electron chi connectivity index (χ0n) is 12.5. The Kier molecular flexibility index (Phi) is 5.11. The standard InChI is InChI=1S/C15H16N2O4S/c1-9(18)11-8-22-15(16-11)17-14(19)7-10-4-5-12(20-2)13(6-10)21-3/h4-6,8H,7H2,1-3H3,(H,16,17,19). The van der Waals surface area contributed by atoms with Crippen molar-refractivity contribution < 1.29 is 19.1 Å². The molecule has 116 valence electrons. The summed E-state index contributed by atoms with van der Waals surface area (Å²) in [4.78, 5) is 27.2. The van der Waals surface area contributed by atoms with Crippen molar-refractivity contribution in [3.63, 3.8) is 0 Å². The van der Waals surface area contributed by atoms with Gasteiger partial charge in [-0.05, 0) is 17.7 Å². The second-order valence-corrected chi connectivity index (χ2v) is 5.37. The molecule has 0 bridgehead atoms. The van der Waals surface area contributed by atoms with E-state index < -0.39 is 0 Å². The van der Waals surface area contributed by atoms with Crippen molar-refractivity contribution in [1.82, 2.24) is 4.98 Å². The molecule has 1 heterocycles. The molecular weight excluding hydrogens is 304 g/mol. The fraction of sp³-hybridized carbons (Fsp3) is 0.267. The molecule has 0 atom stereocenters. The first-order chi connectivity index (χ1) is 10.5. The smallest absolute Gasteiger partial charge is 0.230 e. The highest BCUT2D eigenvalue weighted by Crippen LogP contribution is 2.27. The highest BCUT2D eigenvalue weighted by Gasteiger charge is 2.11. The van der Waals surface area contributed by atoms with Gasteiger partial charge in [-0.15, -0.1) is 11.3 Å². The Labute approximate surface area is 132 Å². The molecule has 0 fully saturated rings. The molecule has 7 heteroatoms. The molecule has 0 aliphatic heterocycles. The molecule has 2 aromatic rings. The molecule has 22 heavy (non-hydrogen) atoms. The normalized spacial score (nSPS) is 10.1. The van der Waals surface area contributed by atoms with Gasteiger partial charge in [0, 0.05) is 12.3 Å². The predicted molar refractivity (Wildman–Crippen MR) is 84.0 cm³/mol. The quantitative estimate of drug-likeness (QED) is 0.828. The van der Waals surface area contributed by atoms with Crippen molar-refractivity contribution in [3.05, 3.63) is 34.8 Å². The third-order valence-corrected chi connectivity index (χ3v) is 3.68. The number of rotatable bonds is 6. The summed E-state index contributed by atoms with van der Waals surface area (Å²) in [6, 6.07) is 5.30. The minimum atomic E-state index is -0.211. The molecule has 0 aliphatic carbocycles. The van der Waals surface area contributed by atoms with Gasteiger partial charge < -0.3 is 14.8 Å². The number of nitrogens with one attached hydrogen (secondary N) is 1. The zero-order valence-corrected chi connectivity index (χ0v) is 13.3. The lowest BCUT2D eigenvalue weighted by Crippen LogP contribution is -2.14. The van der Waals surface area contributed by atoms with Gasteiger partial charge in [0.05, 0.1) is 20.6 Å². The van der Waals surface area contributed by atoms with Crippen molar-refractivity contribution in [3.8, 4) is 11.5 Å². The first-order valence-corrected chi connectivity index (χ1v) is 7.38. The SMILES string of the molecule is COc1ccc(CC(=O)Nc2nc(C(C)=O)cs2)cc1OC. The number of amides is 1. The van der Waals surface area contributed by atoms with Crippen molar-refractivity contribution in [2.75, 3.05) is 19.5 Å². The number of hydrogen-bond acceptors (Lipinski definition) is 6. The van der Waals surface area contributed by atoms with E-state index in [0.717, 1.165) is 5.56 Å². The van der Waals surface area contributed by atoms with Gasteiger partial charge in [-0.25, -0.2) is 4.98 Å². The summed E-state index contributed by atoms with van der Waals surface area (Å²) >= 11 is 1.22. The second kappa shape index (κ2) is 7.04. The van der Waals surface area contributed by atoms with Crippen LogP contribution in [0.3, 0.4) is 0 Å². The molecule has 2 rings (SSSR count). The van der Waals surface area contributed by atoms with Crippen molar-refractivity contribution in [1.29, 1.82) is 0 Å². The van der Waals surface area contributed by atoms with Crippen molar-refractivity contribution >= 4 is 28.2 Å². The third kappa shape index (κ3) is 3.82. The Bertz CT molecular complexity index is 697. The maximum atomic E-state index is 12.0. The van der Waals surface area contributed by atoms with Gasteiger partial charge in [0.25, 0.3) is 0 Å². The van der Waals surface area contributed by atoms with Crippen LogP contribution in [0.5, 0.6) is 11.5 Å². The number of anilines is 1. The maximum absolute atomic E-state index is 12.0. The Hall–Kier alpha value is -2.41. The minimum absolute atomic E-state index is 0.128. The lowest BCUT2D eigenvalue weighted by atomic mass is 10.1. The third-order valence-electron chi connectivity index (χ3n) is 2.92. The van der Waals surface area contributed by atoms with E-state index in [9.17, 15) is 9.59 Å². The monoisotopic (exact) mass is 320 g/mol. The summed E-state index contributed by atoms with van der Waals surface area (Å²) in [5.41, 5.74) is 1.14. The number of nitrogens with zero attached hydrogens (tertiary/aromatic N) is 1. The first-order valence-electron chi connectivity index (χ1n) is 6.50. The number of carbonyl (C=O) groups is 2. The topological polar surface area (TPSA) is 77.5 Å². The van der Waals surface area contributed by atoms with Crippen LogP contribution < -0.4 is 14.8 Å². The zero-order chi connectivity index (χ0) is 16.1. The molecule has 0 saturated carbocycles. The number of thiazole rings is 1. The highest BCUT2D eigenvalue weighted by atomic mass is 32.1. The Morgan fingerprint density at radius 1 is 1.23 bits per heavy atom. The van der Waals surface area contributed by atoms with Gasteiger partial charge in [0.15, 0.2) is 22.4 Å². The number of methoxy groups -OCH3 is 2. The molecule has 0 spiro atoms. The first kappa shape index (κ1) is 16.0. The molecule has 1 aromatic heterocycles. The molecule has 1 aromatic carbocycles. The van der Waals surface area contributed by atoms with Gasteiger partial charge in [-0.1, -0.05) is 6.07 Å². The van der Waals surface area contributed by atoms with E-state index in [-0.39, 0.29) is 18.1 Å². The van der Waals surface area contributed by atoms with E-state index in [1.54, 1.807) is 37.8 Å². The summed E-state index contributed by atoms with van der Waals surface area (Å²) in [6.07, 6.45) is 0.176. The highest BCUT2D eigenvalue weighted by molar-refractivity contribution is 7.14. The van der Waals surface area contributed by atoms with Gasteiger partial charge in [0.1, 0.15) is 5.69 Å². The van der Waals surface area contributed by atoms with E-state index in [0.29, 0.717) is 22.3 Å². The van der Waals surface area contributed by atoms with Gasteiger partial charge in [-0.2, -0.15) is 0 Å². The van der Waals surface area contributed by atoms with Crippen LogP contribution in [0.25, 0.3) is 0 Å². The fourth-order valence-electron chi connectivity index (χ4n) is 1.83. The Morgan fingerprint density at radius 2 is 1.95 bits per heavy atom. The minimum Gasteiger partial charge on any atom is -0.493 e. The predicted octanol–water partition coefficient (Wildman–Crippen LogP) is 2.54. The molecule has 6 nitrogen and oxygen atoms in total. The number of ketones is 1. The Morgan fingerprint density at radius 3 is 2.55 bits per heavy atom. The summed E-state index contributed by atoms with van der Waals surface area (Å²) < 4.78 is 10.4. The van der Waals surface area contributed by atoms with Gasteiger partial charge in [0.2, 0.25) is 5.91 Å². The summed E-state index contributed by atoms with van der Waals surface area (Å²) in [5.74, 6) is 0.840. The number of carbonyl (C=O) groups excluding carboxylic acids is 2. The number of benzene rings is 1. The lowest BCUT2D eigenvalue weighted by Gasteiger charge is -2.09. The van der Waals surface area contributed by atoms with Crippen LogP contribution in [0.1, 0.15) is 23.0 Å². The lowest BCUT2D eigenvalue weighted by molar-refractivity contribution is -0.115. The summed E-state index contributed by atoms with van der Waals surface area (Å²) in [7, 11) is 3.10. The molecule has 0 radical (unpaired) electrons. The van der Waals surface area contributed by atoms with Gasteiger partial charge in [-0.3, -0.25) is 9.59 Å². The van der Waals surface area contributed by atoms with Crippen LogP contribution in [0, 0.1) is 0 Å². The Balaban J connectivity index is 2.03. The fourth-order valence-corrected chi connectivity index (χ4v) is 2.60. The number of hydrogen-bond donors (Lipinski definition) is 1. The van der Waals surface area contributed by atoms with E-state index in [1.807, 2.05) is 0 Å². The summed E-state index contributed by atoms with van der Waals surface area (Å²) in [5, 5.41) is 4.71. The van der Waals surface area contributed by atoms with Crippen LogP contribution in [0.15, 0.2) is 23.6 Å².